The summed E-state index contributed by atoms with van der Waals surface area (Å²) in [4.78, 5) is 6.97. The van der Waals surface area contributed by atoms with Crippen LogP contribution < -0.4 is 5.73 Å². The summed E-state index contributed by atoms with van der Waals surface area (Å²) in [5.74, 6) is 1.17. The van der Waals surface area contributed by atoms with Crippen LogP contribution in [-0.4, -0.2) is 27.0 Å². The van der Waals surface area contributed by atoms with Gasteiger partial charge in [0.2, 0.25) is 0 Å². The first kappa shape index (κ1) is 12.1. The number of rotatable bonds is 1. The van der Waals surface area contributed by atoms with Gasteiger partial charge in [-0.2, -0.15) is 0 Å². The SMILES string of the molecule is NC1c2ccccc2CCC1N1CCn2ccnc2C1. The van der Waals surface area contributed by atoms with Crippen molar-refractivity contribution in [3.63, 3.8) is 0 Å². The van der Waals surface area contributed by atoms with E-state index in [1.54, 1.807) is 0 Å². The van der Waals surface area contributed by atoms with Crippen LogP contribution in [0.25, 0.3) is 0 Å². The average Bonchev–Trinajstić information content (AvgIpc) is 2.95. The van der Waals surface area contributed by atoms with E-state index in [1.807, 2.05) is 6.20 Å². The quantitative estimate of drug-likeness (QED) is 0.856. The molecule has 1 aliphatic heterocycles. The Kier molecular flexibility index (Phi) is 2.86. The second-order valence-electron chi connectivity index (χ2n) is 5.84. The Morgan fingerprint density at radius 2 is 2.10 bits per heavy atom. The van der Waals surface area contributed by atoms with Crippen LogP contribution in [0.5, 0.6) is 0 Å². The summed E-state index contributed by atoms with van der Waals surface area (Å²) in [6, 6.07) is 9.19. The Balaban J connectivity index is 1.59. The second kappa shape index (κ2) is 4.72. The van der Waals surface area contributed by atoms with Gasteiger partial charge in [0.05, 0.1) is 6.54 Å². The fourth-order valence-electron chi connectivity index (χ4n) is 3.66. The van der Waals surface area contributed by atoms with E-state index < -0.39 is 0 Å². The van der Waals surface area contributed by atoms with Gasteiger partial charge in [-0.05, 0) is 24.0 Å². The molecule has 2 unspecified atom stereocenters. The molecule has 0 amide bonds. The van der Waals surface area contributed by atoms with Gasteiger partial charge >= 0.3 is 0 Å². The van der Waals surface area contributed by atoms with E-state index in [-0.39, 0.29) is 6.04 Å². The van der Waals surface area contributed by atoms with Crippen molar-refractivity contribution in [2.75, 3.05) is 6.54 Å². The van der Waals surface area contributed by atoms with Crippen LogP contribution >= 0.6 is 0 Å². The molecule has 0 bridgehead atoms. The van der Waals surface area contributed by atoms with Crippen LogP contribution in [0.15, 0.2) is 36.7 Å². The first-order valence-electron chi connectivity index (χ1n) is 7.40. The summed E-state index contributed by atoms with van der Waals surface area (Å²) in [5.41, 5.74) is 9.30. The lowest BCUT2D eigenvalue weighted by Crippen LogP contribution is -2.48. The van der Waals surface area contributed by atoms with E-state index in [0.29, 0.717) is 6.04 Å². The summed E-state index contributed by atoms with van der Waals surface area (Å²) in [6.07, 6.45) is 6.26. The van der Waals surface area contributed by atoms with Gasteiger partial charge in [0.15, 0.2) is 0 Å². The number of hydrogen-bond acceptors (Lipinski definition) is 3. The highest BCUT2D eigenvalue weighted by atomic mass is 15.3. The number of aryl methyl sites for hydroxylation is 1. The fourth-order valence-corrected chi connectivity index (χ4v) is 3.66. The number of fused-ring (bicyclic) bond motifs is 2. The van der Waals surface area contributed by atoms with Gasteiger partial charge in [0, 0.05) is 37.6 Å². The third-order valence-corrected chi connectivity index (χ3v) is 4.78. The largest absolute Gasteiger partial charge is 0.333 e. The number of aromatic nitrogens is 2. The number of imidazole rings is 1. The maximum Gasteiger partial charge on any atom is 0.122 e. The number of nitrogens with two attached hydrogens (primary N) is 1. The fraction of sp³-hybridized carbons (Fsp3) is 0.438. The van der Waals surface area contributed by atoms with Crippen molar-refractivity contribution in [2.24, 2.45) is 5.73 Å². The van der Waals surface area contributed by atoms with Crippen molar-refractivity contribution in [2.45, 2.75) is 38.0 Å². The van der Waals surface area contributed by atoms with Crippen molar-refractivity contribution in [3.8, 4) is 0 Å². The van der Waals surface area contributed by atoms with E-state index in [2.05, 4.69) is 44.9 Å². The molecule has 104 valence electrons. The zero-order valence-electron chi connectivity index (χ0n) is 11.6. The third-order valence-electron chi connectivity index (χ3n) is 4.78. The average molecular weight is 268 g/mol. The highest BCUT2D eigenvalue weighted by molar-refractivity contribution is 5.33. The molecule has 2 aliphatic rings. The van der Waals surface area contributed by atoms with Crippen molar-refractivity contribution in [3.05, 3.63) is 53.6 Å². The van der Waals surface area contributed by atoms with E-state index in [1.165, 1.54) is 17.0 Å². The molecular weight excluding hydrogens is 248 g/mol. The number of nitrogens with zero attached hydrogens (tertiary/aromatic N) is 3. The lowest BCUT2D eigenvalue weighted by molar-refractivity contribution is 0.119. The normalized spacial score (nSPS) is 26.1. The molecule has 1 aromatic heterocycles. The minimum absolute atomic E-state index is 0.126. The highest BCUT2D eigenvalue weighted by Crippen LogP contribution is 2.32. The van der Waals surface area contributed by atoms with Gasteiger partial charge in [-0.25, -0.2) is 4.98 Å². The van der Waals surface area contributed by atoms with Crippen LogP contribution in [0.1, 0.15) is 29.4 Å². The van der Waals surface area contributed by atoms with Gasteiger partial charge in [0.25, 0.3) is 0 Å². The topological polar surface area (TPSA) is 47.1 Å². The summed E-state index contributed by atoms with van der Waals surface area (Å²) in [5, 5.41) is 0. The van der Waals surface area contributed by atoms with Crippen molar-refractivity contribution in [1.29, 1.82) is 0 Å². The molecule has 2 N–H and O–H groups in total. The standard InChI is InChI=1S/C16H20N4/c17-16-13-4-2-1-3-12(13)5-6-14(16)20-10-9-19-8-7-18-15(19)11-20/h1-4,7-8,14,16H,5-6,9-11,17H2. The predicted octanol–water partition coefficient (Wildman–Crippen LogP) is 1.71. The van der Waals surface area contributed by atoms with E-state index in [0.717, 1.165) is 32.5 Å². The molecule has 0 spiro atoms. The molecule has 4 rings (SSSR count). The Morgan fingerprint density at radius 1 is 1.20 bits per heavy atom. The Morgan fingerprint density at radius 3 is 3.05 bits per heavy atom. The lowest BCUT2D eigenvalue weighted by Gasteiger charge is -2.41. The molecular formula is C16H20N4. The van der Waals surface area contributed by atoms with Crippen LogP contribution in [0.2, 0.25) is 0 Å². The zero-order valence-corrected chi connectivity index (χ0v) is 11.6. The van der Waals surface area contributed by atoms with Crippen molar-refractivity contribution >= 4 is 0 Å². The van der Waals surface area contributed by atoms with Gasteiger partial charge in [-0.1, -0.05) is 24.3 Å². The second-order valence-corrected chi connectivity index (χ2v) is 5.84. The maximum absolute atomic E-state index is 6.55. The smallest absolute Gasteiger partial charge is 0.122 e. The first-order valence-corrected chi connectivity index (χ1v) is 7.40. The zero-order chi connectivity index (χ0) is 13.5. The molecule has 0 radical (unpaired) electrons. The molecule has 2 heterocycles. The number of benzene rings is 1. The summed E-state index contributed by atoms with van der Waals surface area (Å²) in [6.45, 7) is 3.03. The molecule has 1 aromatic carbocycles. The molecule has 0 saturated heterocycles. The predicted molar refractivity (Wildman–Crippen MR) is 78.1 cm³/mol. The van der Waals surface area contributed by atoms with Crippen LogP contribution in [-0.2, 0) is 19.5 Å². The lowest BCUT2D eigenvalue weighted by atomic mass is 9.83. The number of hydrogen-bond donors (Lipinski definition) is 1. The van der Waals surface area contributed by atoms with Gasteiger partial charge in [0.1, 0.15) is 5.82 Å². The maximum atomic E-state index is 6.55. The summed E-state index contributed by atoms with van der Waals surface area (Å²) < 4.78 is 2.25. The molecule has 4 heteroatoms. The first-order chi connectivity index (χ1) is 9.83. The molecule has 4 nitrogen and oxygen atoms in total. The van der Waals surface area contributed by atoms with Gasteiger partial charge in [-0.3, -0.25) is 4.90 Å². The minimum Gasteiger partial charge on any atom is -0.333 e. The molecule has 2 atom stereocenters. The van der Waals surface area contributed by atoms with E-state index in [9.17, 15) is 0 Å². The van der Waals surface area contributed by atoms with Gasteiger partial charge in [-0.15, -0.1) is 0 Å². The monoisotopic (exact) mass is 268 g/mol. The van der Waals surface area contributed by atoms with Crippen LogP contribution in [0.3, 0.4) is 0 Å². The molecule has 20 heavy (non-hydrogen) atoms. The molecule has 1 aliphatic carbocycles. The Bertz CT molecular complexity index is 618. The van der Waals surface area contributed by atoms with Crippen LogP contribution in [0.4, 0.5) is 0 Å². The van der Waals surface area contributed by atoms with E-state index >= 15 is 0 Å². The third kappa shape index (κ3) is 1.87. The Labute approximate surface area is 119 Å². The van der Waals surface area contributed by atoms with Crippen molar-refractivity contribution in [1.82, 2.24) is 14.5 Å². The van der Waals surface area contributed by atoms with Gasteiger partial charge < -0.3 is 10.3 Å². The molecule has 0 saturated carbocycles. The summed E-state index contributed by atoms with van der Waals surface area (Å²) >= 11 is 0. The van der Waals surface area contributed by atoms with Crippen LogP contribution in [0, 0.1) is 0 Å². The molecule has 0 fully saturated rings. The summed E-state index contributed by atoms with van der Waals surface area (Å²) in [7, 11) is 0. The minimum atomic E-state index is 0.126. The Hall–Kier alpha value is -1.65. The van der Waals surface area contributed by atoms with E-state index in [4.69, 9.17) is 5.73 Å². The highest BCUT2D eigenvalue weighted by Gasteiger charge is 2.32. The molecule has 2 aromatic rings. The van der Waals surface area contributed by atoms with Crippen molar-refractivity contribution < 1.29 is 0 Å².